The van der Waals surface area contributed by atoms with Gasteiger partial charge in [0, 0.05) is 25.2 Å². The summed E-state index contributed by atoms with van der Waals surface area (Å²) in [6.45, 7) is 13.9. The number of Topliss-reactive ketones (excluding diaryl/α,β-unsaturated/α-hetero) is 1. The van der Waals surface area contributed by atoms with Crippen molar-refractivity contribution in [2.24, 2.45) is 27.8 Å². The fraction of sp³-hybridized carbons (Fsp3) is 0.875. The Hall–Kier alpha value is -1.39. The zero-order valence-corrected chi connectivity index (χ0v) is 21.3. The van der Waals surface area contributed by atoms with Gasteiger partial charge in [-0.2, -0.15) is 5.10 Å². The van der Waals surface area contributed by atoms with E-state index in [1.54, 1.807) is 6.21 Å². The standard InChI is InChI=1S/C24H47N3O6/c1-5-21(3)7-10-33-20-23(27-25)19-26-9-12-30-14-16-32-18-17-31-15-13-29-11-8-24(28)22(4)6-2/h19,21-22H,5-18,20,25H2,1-4H3/b26-19?,27-23+. The first-order chi connectivity index (χ1) is 16.0. The fourth-order valence-corrected chi connectivity index (χ4v) is 2.47. The van der Waals surface area contributed by atoms with Crippen molar-refractivity contribution < 1.29 is 28.5 Å². The van der Waals surface area contributed by atoms with Gasteiger partial charge in [-0.3, -0.25) is 9.79 Å². The highest BCUT2D eigenvalue weighted by Crippen LogP contribution is 2.06. The molecule has 2 unspecified atom stereocenters. The van der Waals surface area contributed by atoms with Gasteiger partial charge in [-0.15, -0.1) is 0 Å². The Labute approximate surface area is 200 Å². The number of hydrazone groups is 1. The van der Waals surface area contributed by atoms with Crippen LogP contribution in [0.25, 0.3) is 0 Å². The molecule has 0 spiro atoms. The molecular formula is C24H47N3O6. The third kappa shape index (κ3) is 20.9. The van der Waals surface area contributed by atoms with Gasteiger partial charge < -0.3 is 29.5 Å². The number of rotatable bonds is 24. The summed E-state index contributed by atoms with van der Waals surface area (Å²) >= 11 is 0. The van der Waals surface area contributed by atoms with Gasteiger partial charge in [0.15, 0.2) is 0 Å². The molecule has 2 atom stereocenters. The van der Waals surface area contributed by atoms with Crippen LogP contribution in [-0.2, 0) is 28.5 Å². The van der Waals surface area contributed by atoms with E-state index in [2.05, 4.69) is 23.9 Å². The van der Waals surface area contributed by atoms with Crippen LogP contribution in [0.3, 0.4) is 0 Å². The van der Waals surface area contributed by atoms with Gasteiger partial charge >= 0.3 is 0 Å². The summed E-state index contributed by atoms with van der Waals surface area (Å²) < 4.78 is 27.3. The van der Waals surface area contributed by atoms with E-state index < -0.39 is 0 Å². The van der Waals surface area contributed by atoms with Gasteiger partial charge in [0.25, 0.3) is 0 Å². The zero-order chi connectivity index (χ0) is 24.6. The minimum absolute atomic E-state index is 0.117. The lowest BCUT2D eigenvalue weighted by Gasteiger charge is -2.09. The highest BCUT2D eigenvalue weighted by Gasteiger charge is 2.09. The van der Waals surface area contributed by atoms with Crippen LogP contribution in [0, 0.1) is 11.8 Å². The number of aliphatic imine (C=N–C) groups is 1. The summed E-state index contributed by atoms with van der Waals surface area (Å²) in [5.74, 6) is 6.40. The second kappa shape index (κ2) is 23.8. The summed E-state index contributed by atoms with van der Waals surface area (Å²) in [6.07, 6.45) is 5.16. The number of nitrogens with zero attached hydrogens (tertiary/aromatic N) is 2. The van der Waals surface area contributed by atoms with E-state index in [1.807, 2.05) is 13.8 Å². The van der Waals surface area contributed by atoms with Crippen LogP contribution in [0.2, 0.25) is 0 Å². The third-order valence-corrected chi connectivity index (χ3v) is 5.24. The molecule has 2 N–H and O–H groups in total. The van der Waals surface area contributed by atoms with E-state index in [4.69, 9.17) is 29.5 Å². The van der Waals surface area contributed by atoms with E-state index in [-0.39, 0.29) is 11.7 Å². The number of ether oxygens (including phenoxy) is 5. The Morgan fingerprint density at radius 1 is 0.818 bits per heavy atom. The SMILES string of the molecule is CCC(C)CCOC/C(C=NCCOCCOCCOCCOCCC(=O)C(C)CC)=N/N. The molecule has 0 rings (SSSR count). The number of hydrogen-bond acceptors (Lipinski definition) is 9. The van der Waals surface area contributed by atoms with Crippen molar-refractivity contribution in [3.63, 3.8) is 0 Å². The molecule has 0 aromatic carbocycles. The maximum absolute atomic E-state index is 11.7. The molecule has 0 aromatic rings. The molecule has 0 saturated heterocycles. The van der Waals surface area contributed by atoms with Crippen LogP contribution in [0.4, 0.5) is 0 Å². The topological polar surface area (TPSA) is 114 Å². The first-order valence-electron chi connectivity index (χ1n) is 12.2. The average molecular weight is 474 g/mol. The molecule has 0 aliphatic heterocycles. The average Bonchev–Trinajstić information content (AvgIpc) is 2.83. The number of carbonyl (C=O) groups is 1. The van der Waals surface area contributed by atoms with Crippen molar-refractivity contribution in [2.45, 2.75) is 53.4 Å². The molecule has 0 amide bonds. The second-order valence-electron chi connectivity index (χ2n) is 7.99. The van der Waals surface area contributed by atoms with Crippen molar-refractivity contribution in [3.05, 3.63) is 0 Å². The summed E-state index contributed by atoms with van der Waals surface area (Å²) in [5.41, 5.74) is 0.618. The molecule has 0 aliphatic rings. The monoisotopic (exact) mass is 473 g/mol. The van der Waals surface area contributed by atoms with Crippen LogP contribution in [0.1, 0.15) is 53.4 Å². The Kier molecular flexibility index (Phi) is 22.8. The molecule has 194 valence electrons. The van der Waals surface area contributed by atoms with Crippen LogP contribution in [-0.4, -0.2) is 90.3 Å². The van der Waals surface area contributed by atoms with E-state index in [9.17, 15) is 4.79 Å². The van der Waals surface area contributed by atoms with Crippen molar-refractivity contribution in [1.82, 2.24) is 0 Å². The maximum Gasteiger partial charge on any atom is 0.137 e. The molecule has 9 heteroatoms. The molecular weight excluding hydrogens is 426 g/mol. The normalized spacial score (nSPS) is 14.1. The van der Waals surface area contributed by atoms with Crippen molar-refractivity contribution in [3.8, 4) is 0 Å². The first kappa shape index (κ1) is 31.6. The third-order valence-electron chi connectivity index (χ3n) is 5.24. The lowest BCUT2D eigenvalue weighted by Crippen LogP contribution is -2.15. The predicted molar refractivity (Wildman–Crippen MR) is 132 cm³/mol. The predicted octanol–water partition coefficient (Wildman–Crippen LogP) is 2.90. The maximum atomic E-state index is 11.7. The molecule has 0 saturated carbocycles. The van der Waals surface area contributed by atoms with Crippen molar-refractivity contribution in [2.75, 3.05) is 72.6 Å². The Bertz CT molecular complexity index is 516. The van der Waals surface area contributed by atoms with E-state index in [0.717, 1.165) is 19.3 Å². The van der Waals surface area contributed by atoms with Crippen molar-refractivity contribution in [1.29, 1.82) is 0 Å². The van der Waals surface area contributed by atoms with Crippen LogP contribution in [0.5, 0.6) is 0 Å². The van der Waals surface area contributed by atoms with Gasteiger partial charge in [-0.05, 0) is 18.8 Å². The van der Waals surface area contributed by atoms with Gasteiger partial charge in [0.1, 0.15) is 11.5 Å². The largest absolute Gasteiger partial charge is 0.379 e. The first-order valence-corrected chi connectivity index (χ1v) is 12.2. The second-order valence-corrected chi connectivity index (χ2v) is 7.99. The molecule has 0 radical (unpaired) electrons. The van der Waals surface area contributed by atoms with Crippen LogP contribution in [0.15, 0.2) is 10.1 Å². The minimum atomic E-state index is 0.117. The number of hydrogen-bond donors (Lipinski definition) is 1. The number of carbonyl (C=O) groups excluding carboxylic acids is 1. The summed E-state index contributed by atoms with van der Waals surface area (Å²) in [4.78, 5) is 15.9. The Morgan fingerprint density at radius 3 is 1.94 bits per heavy atom. The molecule has 0 fully saturated rings. The Balaban J connectivity index is 3.41. The van der Waals surface area contributed by atoms with Crippen molar-refractivity contribution >= 4 is 17.7 Å². The quantitative estimate of drug-likeness (QED) is 0.0992. The summed E-state index contributed by atoms with van der Waals surface area (Å²) in [5, 5.41) is 3.69. The number of nitrogens with two attached hydrogens (primary N) is 1. The van der Waals surface area contributed by atoms with E-state index >= 15 is 0 Å². The van der Waals surface area contributed by atoms with E-state index in [0.29, 0.717) is 90.7 Å². The van der Waals surface area contributed by atoms with Gasteiger partial charge in [0.05, 0.1) is 66.0 Å². The molecule has 0 bridgehead atoms. The molecule has 9 nitrogen and oxygen atoms in total. The van der Waals surface area contributed by atoms with Crippen LogP contribution >= 0.6 is 0 Å². The highest BCUT2D eigenvalue weighted by atomic mass is 16.6. The van der Waals surface area contributed by atoms with Gasteiger partial charge in [-0.25, -0.2) is 0 Å². The number of ketones is 1. The smallest absolute Gasteiger partial charge is 0.137 e. The summed E-state index contributed by atoms with van der Waals surface area (Å²) in [7, 11) is 0. The van der Waals surface area contributed by atoms with Gasteiger partial charge in [0.2, 0.25) is 0 Å². The molecule has 0 heterocycles. The minimum Gasteiger partial charge on any atom is -0.379 e. The zero-order valence-electron chi connectivity index (χ0n) is 21.3. The lowest BCUT2D eigenvalue weighted by atomic mass is 10.0. The Morgan fingerprint density at radius 2 is 1.39 bits per heavy atom. The highest BCUT2D eigenvalue weighted by molar-refractivity contribution is 6.31. The lowest BCUT2D eigenvalue weighted by molar-refractivity contribution is -0.123. The molecule has 0 aromatic heterocycles. The van der Waals surface area contributed by atoms with Crippen LogP contribution < -0.4 is 5.84 Å². The van der Waals surface area contributed by atoms with E-state index in [1.165, 1.54) is 0 Å². The molecule has 33 heavy (non-hydrogen) atoms. The summed E-state index contributed by atoms with van der Waals surface area (Å²) in [6, 6.07) is 0. The fourth-order valence-electron chi connectivity index (χ4n) is 2.47. The van der Waals surface area contributed by atoms with Gasteiger partial charge in [-0.1, -0.05) is 34.1 Å². The molecule has 0 aliphatic carbocycles.